The van der Waals surface area contributed by atoms with Crippen molar-refractivity contribution < 1.29 is 18.3 Å². The Bertz CT molecular complexity index is 293. The summed E-state index contributed by atoms with van der Waals surface area (Å²) in [5.41, 5.74) is -0.260. The van der Waals surface area contributed by atoms with Crippen molar-refractivity contribution in [2.24, 2.45) is 17.3 Å². The summed E-state index contributed by atoms with van der Waals surface area (Å²) in [6.07, 6.45) is 6.27. The van der Waals surface area contributed by atoms with Crippen molar-refractivity contribution in [2.45, 2.75) is 71.1 Å². The van der Waals surface area contributed by atoms with Crippen LogP contribution in [0.15, 0.2) is 0 Å². The summed E-state index contributed by atoms with van der Waals surface area (Å²) in [5.74, 6) is -2.13. The molecule has 0 bridgehead atoms. The Hall–Kier alpha value is -0.220. The van der Waals surface area contributed by atoms with Gasteiger partial charge in [-0.1, -0.05) is 33.1 Å². The molecule has 1 fully saturated rings. The van der Waals surface area contributed by atoms with E-state index in [0.717, 1.165) is 12.8 Å². The molecule has 0 heterocycles. The average molecular weight is 320 g/mol. The Morgan fingerprint density at radius 2 is 1.50 bits per heavy atom. The molecular formula is C18H34F2O2. The SMILES string of the molecule is COCC(CCC(F)(F)CC(C)C)(COC)C1CCCCC1. The minimum Gasteiger partial charge on any atom is -0.384 e. The van der Waals surface area contributed by atoms with E-state index in [4.69, 9.17) is 9.47 Å². The molecule has 0 atom stereocenters. The van der Waals surface area contributed by atoms with Crippen LogP contribution >= 0.6 is 0 Å². The predicted octanol–water partition coefficient (Wildman–Crippen LogP) is 5.31. The molecule has 0 aromatic carbocycles. The molecule has 0 aromatic rings. The van der Waals surface area contributed by atoms with Crippen LogP contribution in [0, 0.1) is 17.3 Å². The molecule has 0 radical (unpaired) electrons. The van der Waals surface area contributed by atoms with E-state index in [1.165, 1.54) is 19.3 Å². The third kappa shape index (κ3) is 6.11. The van der Waals surface area contributed by atoms with Gasteiger partial charge in [0.25, 0.3) is 0 Å². The smallest absolute Gasteiger partial charge is 0.248 e. The zero-order valence-corrected chi connectivity index (χ0v) is 14.8. The first-order valence-electron chi connectivity index (χ1n) is 8.71. The van der Waals surface area contributed by atoms with Crippen LogP contribution in [0.1, 0.15) is 65.2 Å². The number of alkyl halides is 2. The molecule has 1 aliphatic carbocycles. The van der Waals surface area contributed by atoms with Gasteiger partial charge in [0.1, 0.15) is 0 Å². The second-order valence-corrected chi connectivity index (χ2v) is 7.52. The first-order chi connectivity index (χ1) is 10.4. The Balaban J connectivity index is 2.79. The number of ether oxygens (including phenoxy) is 2. The van der Waals surface area contributed by atoms with Crippen molar-refractivity contribution in [1.29, 1.82) is 0 Å². The molecule has 0 spiro atoms. The molecule has 1 rings (SSSR count). The van der Waals surface area contributed by atoms with Gasteiger partial charge in [0.2, 0.25) is 5.92 Å². The summed E-state index contributed by atoms with van der Waals surface area (Å²) in [6.45, 7) is 4.74. The van der Waals surface area contributed by atoms with Crippen LogP contribution in [-0.4, -0.2) is 33.4 Å². The lowest BCUT2D eigenvalue weighted by Crippen LogP contribution is -2.41. The summed E-state index contributed by atoms with van der Waals surface area (Å²) < 4.78 is 39.2. The number of halogens is 2. The molecule has 132 valence electrons. The van der Waals surface area contributed by atoms with E-state index in [-0.39, 0.29) is 24.2 Å². The fourth-order valence-corrected chi connectivity index (χ4v) is 4.05. The summed E-state index contributed by atoms with van der Waals surface area (Å²) in [6, 6.07) is 0. The van der Waals surface area contributed by atoms with Gasteiger partial charge in [-0.2, -0.15) is 0 Å². The van der Waals surface area contributed by atoms with Gasteiger partial charge in [-0.25, -0.2) is 8.78 Å². The lowest BCUT2D eigenvalue weighted by Gasteiger charge is -2.42. The fraction of sp³-hybridized carbons (Fsp3) is 1.00. The summed E-state index contributed by atoms with van der Waals surface area (Å²) in [4.78, 5) is 0. The third-order valence-electron chi connectivity index (χ3n) is 5.03. The molecule has 0 amide bonds. The minimum atomic E-state index is -2.59. The standard InChI is InChI=1S/C18H34F2O2/c1-15(2)12-18(19,20)11-10-17(13-21-3,14-22-4)16-8-6-5-7-9-16/h15-16H,5-14H2,1-4H3. The highest BCUT2D eigenvalue weighted by Gasteiger charge is 2.42. The van der Waals surface area contributed by atoms with Crippen LogP contribution < -0.4 is 0 Å². The molecule has 2 nitrogen and oxygen atoms in total. The monoisotopic (exact) mass is 320 g/mol. The normalized spacial score (nSPS) is 18.1. The second kappa shape index (κ2) is 9.17. The predicted molar refractivity (Wildman–Crippen MR) is 86.4 cm³/mol. The van der Waals surface area contributed by atoms with Crippen LogP contribution in [0.3, 0.4) is 0 Å². The molecule has 0 N–H and O–H groups in total. The maximum Gasteiger partial charge on any atom is 0.248 e. The molecular weight excluding hydrogens is 286 g/mol. The molecule has 0 aromatic heterocycles. The van der Waals surface area contributed by atoms with E-state index in [1.807, 2.05) is 13.8 Å². The van der Waals surface area contributed by atoms with E-state index in [2.05, 4.69) is 0 Å². The highest BCUT2D eigenvalue weighted by molar-refractivity contribution is 4.90. The van der Waals surface area contributed by atoms with Gasteiger partial charge < -0.3 is 9.47 Å². The molecule has 22 heavy (non-hydrogen) atoms. The van der Waals surface area contributed by atoms with Gasteiger partial charge in [0.05, 0.1) is 13.2 Å². The fourth-order valence-electron chi connectivity index (χ4n) is 4.05. The number of hydrogen-bond donors (Lipinski definition) is 0. The Kier molecular flexibility index (Phi) is 8.26. The zero-order chi connectivity index (χ0) is 16.6. The highest BCUT2D eigenvalue weighted by atomic mass is 19.3. The summed E-state index contributed by atoms with van der Waals surface area (Å²) in [5, 5.41) is 0. The molecule has 0 unspecified atom stereocenters. The van der Waals surface area contributed by atoms with Crippen LogP contribution in [0.2, 0.25) is 0 Å². The number of methoxy groups -OCH3 is 2. The van der Waals surface area contributed by atoms with Crippen molar-refractivity contribution in [3.63, 3.8) is 0 Å². The number of rotatable bonds is 10. The van der Waals surface area contributed by atoms with Crippen molar-refractivity contribution in [2.75, 3.05) is 27.4 Å². The highest BCUT2D eigenvalue weighted by Crippen LogP contribution is 2.44. The minimum absolute atomic E-state index is 0.0175. The lowest BCUT2D eigenvalue weighted by molar-refractivity contribution is -0.0819. The largest absolute Gasteiger partial charge is 0.384 e. The molecule has 1 aliphatic rings. The Labute approximate surface area is 134 Å². The first-order valence-corrected chi connectivity index (χ1v) is 8.71. The van der Waals surface area contributed by atoms with Gasteiger partial charge in [-0.05, 0) is 31.1 Å². The van der Waals surface area contributed by atoms with Crippen LogP contribution in [0.25, 0.3) is 0 Å². The van der Waals surface area contributed by atoms with Crippen molar-refractivity contribution in [3.8, 4) is 0 Å². The van der Waals surface area contributed by atoms with E-state index in [0.29, 0.717) is 25.6 Å². The maximum absolute atomic E-state index is 14.2. The molecule has 1 saturated carbocycles. The topological polar surface area (TPSA) is 18.5 Å². The average Bonchev–Trinajstić information content (AvgIpc) is 2.45. The van der Waals surface area contributed by atoms with Gasteiger partial charge in [0.15, 0.2) is 0 Å². The van der Waals surface area contributed by atoms with E-state index < -0.39 is 5.92 Å². The maximum atomic E-state index is 14.2. The van der Waals surface area contributed by atoms with E-state index in [9.17, 15) is 8.78 Å². The molecule has 0 saturated heterocycles. The summed E-state index contributed by atoms with van der Waals surface area (Å²) >= 11 is 0. The molecule has 0 aliphatic heterocycles. The quantitative estimate of drug-likeness (QED) is 0.543. The lowest BCUT2D eigenvalue weighted by atomic mass is 9.66. The van der Waals surface area contributed by atoms with Gasteiger partial charge >= 0.3 is 0 Å². The van der Waals surface area contributed by atoms with Crippen LogP contribution in [0.5, 0.6) is 0 Å². The van der Waals surface area contributed by atoms with Crippen molar-refractivity contribution >= 4 is 0 Å². The second-order valence-electron chi connectivity index (χ2n) is 7.52. The first kappa shape index (κ1) is 19.8. The Morgan fingerprint density at radius 1 is 0.955 bits per heavy atom. The number of hydrogen-bond acceptors (Lipinski definition) is 2. The Morgan fingerprint density at radius 3 is 1.95 bits per heavy atom. The zero-order valence-electron chi connectivity index (χ0n) is 14.8. The van der Waals surface area contributed by atoms with Crippen molar-refractivity contribution in [3.05, 3.63) is 0 Å². The van der Waals surface area contributed by atoms with Gasteiger partial charge in [-0.3, -0.25) is 0 Å². The van der Waals surface area contributed by atoms with Crippen LogP contribution in [0.4, 0.5) is 8.78 Å². The van der Waals surface area contributed by atoms with E-state index in [1.54, 1.807) is 14.2 Å². The van der Waals surface area contributed by atoms with Crippen LogP contribution in [-0.2, 0) is 9.47 Å². The third-order valence-corrected chi connectivity index (χ3v) is 5.03. The molecule has 4 heteroatoms. The van der Waals surface area contributed by atoms with Gasteiger partial charge in [-0.15, -0.1) is 0 Å². The van der Waals surface area contributed by atoms with Crippen molar-refractivity contribution in [1.82, 2.24) is 0 Å². The summed E-state index contributed by atoms with van der Waals surface area (Å²) in [7, 11) is 3.33. The van der Waals surface area contributed by atoms with E-state index >= 15 is 0 Å². The van der Waals surface area contributed by atoms with Gasteiger partial charge in [0, 0.05) is 32.5 Å².